The second-order valence-corrected chi connectivity index (χ2v) is 9.46. The van der Waals surface area contributed by atoms with Crippen LogP contribution in [0.4, 0.5) is 0 Å². The lowest BCUT2D eigenvalue weighted by molar-refractivity contribution is -0.00708. The van der Waals surface area contributed by atoms with E-state index in [1.165, 1.54) is 19.3 Å². The standard InChI is InChI=1S/C20H28O3/c1-19(2,3)14-7-15(21)17(22)18(23)16(14)20-8-11-4-12(9-20)6-13(5-11)10-20/h7,11-13,21-23H,4-6,8-10H2,1-3H3. The van der Waals surface area contributed by atoms with E-state index in [4.69, 9.17) is 0 Å². The summed E-state index contributed by atoms with van der Waals surface area (Å²) in [6.45, 7) is 6.34. The minimum absolute atomic E-state index is 0.00731. The van der Waals surface area contributed by atoms with Gasteiger partial charge in [0.15, 0.2) is 11.5 Å². The van der Waals surface area contributed by atoms with Gasteiger partial charge in [-0.2, -0.15) is 0 Å². The van der Waals surface area contributed by atoms with Gasteiger partial charge in [-0.05, 0) is 73.3 Å². The lowest BCUT2D eigenvalue weighted by Crippen LogP contribution is -2.49. The minimum Gasteiger partial charge on any atom is -0.504 e. The van der Waals surface area contributed by atoms with Crippen molar-refractivity contribution >= 4 is 0 Å². The van der Waals surface area contributed by atoms with E-state index < -0.39 is 0 Å². The van der Waals surface area contributed by atoms with Crippen molar-refractivity contribution in [1.82, 2.24) is 0 Å². The molecule has 3 nitrogen and oxygen atoms in total. The molecule has 0 unspecified atom stereocenters. The van der Waals surface area contributed by atoms with Crippen molar-refractivity contribution in [1.29, 1.82) is 0 Å². The maximum atomic E-state index is 10.8. The molecule has 3 heteroatoms. The maximum absolute atomic E-state index is 10.8. The first kappa shape index (κ1) is 15.2. The van der Waals surface area contributed by atoms with Crippen LogP contribution >= 0.6 is 0 Å². The maximum Gasteiger partial charge on any atom is 0.200 e. The van der Waals surface area contributed by atoms with E-state index in [0.717, 1.165) is 48.1 Å². The quantitative estimate of drug-likeness (QED) is 0.665. The molecule has 1 aromatic carbocycles. The minimum atomic E-state index is -0.344. The second kappa shape index (κ2) is 4.58. The van der Waals surface area contributed by atoms with Crippen molar-refractivity contribution in [3.05, 3.63) is 17.2 Å². The molecule has 4 saturated carbocycles. The van der Waals surface area contributed by atoms with Crippen LogP contribution in [-0.2, 0) is 10.8 Å². The molecule has 4 bridgehead atoms. The summed E-state index contributed by atoms with van der Waals surface area (Å²) in [5.74, 6) is 1.68. The number of aromatic hydroxyl groups is 3. The van der Waals surface area contributed by atoms with Gasteiger partial charge in [0.2, 0.25) is 5.75 Å². The van der Waals surface area contributed by atoms with Crippen LogP contribution in [0.25, 0.3) is 0 Å². The molecule has 5 rings (SSSR count). The lowest BCUT2D eigenvalue weighted by atomic mass is 9.47. The zero-order valence-electron chi connectivity index (χ0n) is 14.4. The number of rotatable bonds is 1. The predicted molar refractivity (Wildman–Crippen MR) is 90.0 cm³/mol. The van der Waals surface area contributed by atoms with Crippen molar-refractivity contribution in [2.24, 2.45) is 17.8 Å². The number of phenolic OH excluding ortho intramolecular Hbond substituents is 3. The van der Waals surface area contributed by atoms with E-state index in [2.05, 4.69) is 20.8 Å². The van der Waals surface area contributed by atoms with E-state index >= 15 is 0 Å². The van der Waals surface area contributed by atoms with Gasteiger partial charge in [-0.25, -0.2) is 0 Å². The van der Waals surface area contributed by atoms with Crippen LogP contribution in [0.15, 0.2) is 6.07 Å². The fourth-order valence-electron chi connectivity index (χ4n) is 6.19. The number of benzene rings is 1. The molecule has 0 spiro atoms. The van der Waals surface area contributed by atoms with Crippen LogP contribution < -0.4 is 0 Å². The van der Waals surface area contributed by atoms with Gasteiger partial charge < -0.3 is 15.3 Å². The SMILES string of the molecule is CC(C)(C)c1cc(O)c(O)c(O)c1C12CC3CC(CC(C3)C1)C2. The zero-order chi connectivity index (χ0) is 16.6. The normalized spacial score (nSPS) is 35.7. The summed E-state index contributed by atoms with van der Waals surface area (Å²) in [5.41, 5.74) is 1.74. The van der Waals surface area contributed by atoms with Gasteiger partial charge in [-0.3, -0.25) is 0 Å². The lowest BCUT2D eigenvalue weighted by Gasteiger charge is -2.58. The average molecular weight is 316 g/mol. The molecule has 0 atom stereocenters. The van der Waals surface area contributed by atoms with Gasteiger partial charge in [0, 0.05) is 11.0 Å². The Labute approximate surface area is 138 Å². The fraction of sp³-hybridized carbons (Fsp3) is 0.700. The third-order valence-electron chi connectivity index (χ3n) is 6.63. The Kier molecular flexibility index (Phi) is 3.02. The van der Waals surface area contributed by atoms with Crippen LogP contribution in [0.5, 0.6) is 17.2 Å². The van der Waals surface area contributed by atoms with Crippen LogP contribution in [0.2, 0.25) is 0 Å². The highest BCUT2D eigenvalue weighted by Gasteiger charge is 2.54. The Morgan fingerprint density at radius 3 is 1.78 bits per heavy atom. The molecule has 23 heavy (non-hydrogen) atoms. The molecule has 4 aliphatic rings. The van der Waals surface area contributed by atoms with E-state index in [0.29, 0.717) is 0 Å². The molecule has 4 fully saturated rings. The Morgan fingerprint density at radius 2 is 1.35 bits per heavy atom. The molecular formula is C20H28O3. The Balaban J connectivity index is 1.93. The number of hydrogen-bond acceptors (Lipinski definition) is 3. The topological polar surface area (TPSA) is 60.7 Å². The summed E-state index contributed by atoms with van der Waals surface area (Å²) in [5, 5.41) is 31.0. The van der Waals surface area contributed by atoms with Gasteiger partial charge >= 0.3 is 0 Å². The highest BCUT2D eigenvalue weighted by atomic mass is 16.3. The largest absolute Gasteiger partial charge is 0.504 e. The molecule has 0 saturated heterocycles. The highest BCUT2D eigenvalue weighted by Crippen LogP contribution is 2.64. The molecule has 1 aromatic rings. The summed E-state index contributed by atoms with van der Waals surface area (Å²) in [6, 6.07) is 1.68. The predicted octanol–water partition coefficient (Wildman–Crippen LogP) is 4.57. The van der Waals surface area contributed by atoms with Crippen LogP contribution in [0.1, 0.15) is 70.4 Å². The van der Waals surface area contributed by atoms with Crippen LogP contribution in [0, 0.1) is 17.8 Å². The molecule has 0 aliphatic heterocycles. The zero-order valence-corrected chi connectivity index (χ0v) is 14.4. The molecule has 126 valence electrons. The Morgan fingerprint density at radius 1 is 0.870 bits per heavy atom. The molecule has 0 heterocycles. The summed E-state index contributed by atoms with van der Waals surface area (Å²) in [4.78, 5) is 0. The van der Waals surface area contributed by atoms with Crippen LogP contribution in [0.3, 0.4) is 0 Å². The monoisotopic (exact) mass is 316 g/mol. The molecule has 3 N–H and O–H groups in total. The number of phenols is 3. The third-order valence-corrected chi connectivity index (χ3v) is 6.63. The summed E-state index contributed by atoms with van der Waals surface area (Å²) >= 11 is 0. The van der Waals surface area contributed by atoms with Crippen molar-refractivity contribution in [2.75, 3.05) is 0 Å². The number of hydrogen-bond donors (Lipinski definition) is 3. The second-order valence-electron chi connectivity index (χ2n) is 9.46. The van der Waals surface area contributed by atoms with E-state index in [1.54, 1.807) is 6.07 Å². The molecule has 4 aliphatic carbocycles. The van der Waals surface area contributed by atoms with Gasteiger partial charge in [0.1, 0.15) is 0 Å². The summed E-state index contributed by atoms with van der Waals surface area (Å²) < 4.78 is 0. The van der Waals surface area contributed by atoms with Crippen molar-refractivity contribution < 1.29 is 15.3 Å². The Bertz CT molecular complexity index is 619. The smallest absolute Gasteiger partial charge is 0.200 e. The molecular weight excluding hydrogens is 288 g/mol. The van der Waals surface area contributed by atoms with E-state index in [9.17, 15) is 15.3 Å². The van der Waals surface area contributed by atoms with E-state index in [1.807, 2.05) is 0 Å². The van der Waals surface area contributed by atoms with Gasteiger partial charge in [0.05, 0.1) is 0 Å². The summed E-state index contributed by atoms with van der Waals surface area (Å²) in [6.07, 6.45) is 7.40. The molecule has 0 radical (unpaired) electrons. The summed E-state index contributed by atoms with van der Waals surface area (Å²) in [7, 11) is 0. The van der Waals surface area contributed by atoms with Gasteiger partial charge in [-0.1, -0.05) is 20.8 Å². The fourth-order valence-corrected chi connectivity index (χ4v) is 6.19. The van der Waals surface area contributed by atoms with Crippen LogP contribution in [-0.4, -0.2) is 15.3 Å². The highest BCUT2D eigenvalue weighted by molar-refractivity contribution is 5.61. The van der Waals surface area contributed by atoms with Crippen molar-refractivity contribution in [3.63, 3.8) is 0 Å². The van der Waals surface area contributed by atoms with E-state index in [-0.39, 0.29) is 28.1 Å². The molecule has 0 amide bonds. The first-order valence-corrected chi connectivity index (χ1v) is 8.98. The van der Waals surface area contributed by atoms with Crippen molar-refractivity contribution in [2.45, 2.75) is 70.1 Å². The third kappa shape index (κ3) is 2.15. The Hall–Kier alpha value is -1.38. The van der Waals surface area contributed by atoms with Gasteiger partial charge in [0.25, 0.3) is 0 Å². The average Bonchev–Trinajstić information content (AvgIpc) is 2.41. The van der Waals surface area contributed by atoms with Gasteiger partial charge in [-0.15, -0.1) is 0 Å². The molecule has 0 aromatic heterocycles. The first-order chi connectivity index (χ1) is 10.7. The van der Waals surface area contributed by atoms with Crippen molar-refractivity contribution in [3.8, 4) is 17.2 Å². The first-order valence-electron chi connectivity index (χ1n) is 8.98.